The van der Waals surface area contributed by atoms with Crippen LogP contribution in [0.3, 0.4) is 0 Å². The molecule has 6 heteroatoms. The van der Waals surface area contributed by atoms with E-state index in [0.717, 1.165) is 17.5 Å². The largest absolute Gasteiger partial charge is 0.487 e. The number of ether oxygens (including phenoxy) is 2. The van der Waals surface area contributed by atoms with Crippen LogP contribution in [-0.2, 0) is 4.74 Å². The van der Waals surface area contributed by atoms with Gasteiger partial charge in [-0.3, -0.25) is 4.79 Å². The van der Waals surface area contributed by atoms with Crippen LogP contribution in [0.25, 0.3) is 10.9 Å². The number of hydrogen-bond acceptors (Lipinski definition) is 4. The number of nitrogens with one attached hydrogen (secondary N) is 1. The SMILES string of the molecule is Cc1nc2cc(Br)c(O[C@H]3CCOC3)cc2c(=O)[nH]1. The Balaban J connectivity index is 2.05. The highest BCUT2D eigenvalue weighted by Gasteiger charge is 2.19. The molecular weight excluding hydrogens is 312 g/mol. The van der Waals surface area contributed by atoms with Gasteiger partial charge in [-0.25, -0.2) is 4.98 Å². The molecule has 1 N–H and O–H groups in total. The van der Waals surface area contributed by atoms with Crippen LogP contribution >= 0.6 is 15.9 Å². The van der Waals surface area contributed by atoms with Gasteiger partial charge in [0.2, 0.25) is 0 Å². The van der Waals surface area contributed by atoms with Crippen molar-refractivity contribution in [2.45, 2.75) is 19.4 Å². The summed E-state index contributed by atoms with van der Waals surface area (Å²) in [6.45, 7) is 3.07. The minimum Gasteiger partial charge on any atom is -0.487 e. The van der Waals surface area contributed by atoms with Crippen LogP contribution in [-0.4, -0.2) is 29.3 Å². The highest BCUT2D eigenvalue weighted by Crippen LogP contribution is 2.30. The Kier molecular flexibility index (Phi) is 3.28. The standard InChI is InChI=1S/C13H13BrN2O3/c1-7-15-11-5-10(14)12(4-9(11)13(17)16-7)19-8-2-3-18-6-8/h4-5,8H,2-3,6H2,1H3,(H,15,16,17)/t8-/m0/s1. The fourth-order valence-corrected chi connectivity index (χ4v) is 2.56. The number of nitrogens with zero attached hydrogens (tertiary/aromatic N) is 1. The molecule has 1 aromatic carbocycles. The lowest BCUT2D eigenvalue weighted by Crippen LogP contribution is -2.16. The fraction of sp³-hybridized carbons (Fsp3) is 0.385. The third kappa shape index (κ3) is 2.50. The number of H-pyrrole nitrogens is 1. The summed E-state index contributed by atoms with van der Waals surface area (Å²) >= 11 is 3.46. The van der Waals surface area contributed by atoms with E-state index in [4.69, 9.17) is 9.47 Å². The molecule has 19 heavy (non-hydrogen) atoms. The zero-order valence-corrected chi connectivity index (χ0v) is 12.0. The van der Waals surface area contributed by atoms with E-state index in [1.165, 1.54) is 0 Å². The molecule has 0 aliphatic carbocycles. The maximum atomic E-state index is 11.9. The summed E-state index contributed by atoms with van der Waals surface area (Å²) in [5.74, 6) is 1.25. The predicted molar refractivity (Wildman–Crippen MR) is 74.7 cm³/mol. The number of halogens is 1. The van der Waals surface area contributed by atoms with Gasteiger partial charge < -0.3 is 14.5 Å². The second kappa shape index (κ2) is 4.94. The fourth-order valence-electron chi connectivity index (χ4n) is 2.13. The second-order valence-electron chi connectivity index (χ2n) is 4.55. The summed E-state index contributed by atoms with van der Waals surface area (Å²) in [6, 6.07) is 3.53. The highest BCUT2D eigenvalue weighted by molar-refractivity contribution is 9.10. The monoisotopic (exact) mass is 324 g/mol. The number of hydrogen-bond donors (Lipinski definition) is 1. The van der Waals surface area contributed by atoms with Crippen LogP contribution in [0.2, 0.25) is 0 Å². The van der Waals surface area contributed by atoms with Crippen molar-refractivity contribution in [1.82, 2.24) is 9.97 Å². The molecule has 1 aromatic heterocycles. The Hall–Kier alpha value is -1.40. The van der Waals surface area contributed by atoms with Crippen LogP contribution in [0.4, 0.5) is 0 Å². The van der Waals surface area contributed by atoms with Crippen molar-refractivity contribution < 1.29 is 9.47 Å². The molecule has 1 fully saturated rings. The van der Waals surface area contributed by atoms with Crippen LogP contribution in [0.15, 0.2) is 21.4 Å². The number of aryl methyl sites for hydroxylation is 1. The average molecular weight is 325 g/mol. The second-order valence-corrected chi connectivity index (χ2v) is 5.41. The molecule has 0 saturated carbocycles. The summed E-state index contributed by atoms with van der Waals surface area (Å²) in [6.07, 6.45) is 0.915. The van der Waals surface area contributed by atoms with Crippen molar-refractivity contribution in [1.29, 1.82) is 0 Å². The molecule has 2 aromatic rings. The van der Waals surface area contributed by atoms with Gasteiger partial charge in [-0.05, 0) is 35.0 Å². The molecule has 0 amide bonds. The van der Waals surface area contributed by atoms with Crippen LogP contribution < -0.4 is 10.3 Å². The van der Waals surface area contributed by atoms with E-state index in [-0.39, 0.29) is 11.7 Å². The Morgan fingerprint density at radius 2 is 2.37 bits per heavy atom. The molecule has 1 saturated heterocycles. The molecule has 100 valence electrons. The van der Waals surface area contributed by atoms with Crippen LogP contribution in [0.1, 0.15) is 12.2 Å². The van der Waals surface area contributed by atoms with Gasteiger partial charge in [0.15, 0.2) is 0 Å². The van der Waals surface area contributed by atoms with Crippen molar-refractivity contribution in [2.75, 3.05) is 13.2 Å². The molecule has 0 bridgehead atoms. The Morgan fingerprint density at radius 1 is 1.53 bits per heavy atom. The maximum Gasteiger partial charge on any atom is 0.258 e. The third-order valence-electron chi connectivity index (χ3n) is 3.06. The van der Waals surface area contributed by atoms with Crippen molar-refractivity contribution >= 4 is 26.8 Å². The zero-order valence-electron chi connectivity index (χ0n) is 10.4. The Bertz CT molecular complexity index is 677. The van der Waals surface area contributed by atoms with Gasteiger partial charge in [-0.1, -0.05) is 0 Å². The van der Waals surface area contributed by atoms with Gasteiger partial charge in [-0.15, -0.1) is 0 Å². The van der Waals surface area contributed by atoms with Crippen LogP contribution in [0.5, 0.6) is 5.75 Å². The van der Waals surface area contributed by atoms with E-state index in [2.05, 4.69) is 25.9 Å². The Morgan fingerprint density at radius 3 is 3.11 bits per heavy atom. The van der Waals surface area contributed by atoms with Crippen molar-refractivity contribution in [3.63, 3.8) is 0 Å². The smallest absolute Gasteiger partial charge is 0.258 e. The van der Waals surface area contributed by atoms with Gasteiger partial charge in [-0.2, -0.15) is 0 Å². The number of aromatic amines is 1. The van der Waals surface area contributed by atoms with E-state index < -0.39 is 0 Å². The van der Waals surface area contributed by atoms with Gasteiger partial charge in [0, 0.05) is 6.42 Å². The van der Waals surface area contributed by atoms with Gasteiger partial charge in [0.1, 0.15) is 17.7 Å². The van der Waals surface area contributed by atoms with Gasteiger partial charge in [0.25, 0.3) is 5.56 Å². The highest BCUT2D eigenvalue weighted by atomic mass is 79.9. The maximum absolute atomic E-state index is 11.9. The van der Waals surface area contributed by atoms with Crippen molar-refractivity contribution in [3.8, 4) is 5.75 Å². The first-order valence-corrected chi connectivity index (χ1v) is 6.87. The minimum absolute atomic E-state index is 0.0474. The van der Waals surface area contributed by atoms with Gasteiger partial charge in [0.05, 0.1) is 28.6 Å². The lowest BCUT2D eigenvalue weighted by molar-refractivity contribution is 0.141. The lowest BCUT2D eigenvalue weighted by atomic mass is 10.2. The zero-order chi connectivity index (χ0) is 13.4. The molecule has 1 aliphatic rings. The van der Waals surface area contributed by atoms with Crippen LogP contribution in [0, 0.1) is 6.92 Å². The first-order chi connectivity index (χ1) is 9.13. The molecule has 1 atom stereocenters. The molecule has 5 nitrogen and oxygen atoms in total. The first-order valence-electron chi connectivity index (χ1n) is 6.08. The third-order valence-corrected chi connectivity index (χ3v) is 3.68. The predicted octanol–water partition coefficient (Wildman–Crippen LogP) is 2.16. The number of fused-ring (bicyclic) bond motifs is 1. The molecule has 0 unspecified atom stereocenters. The molecule has 3 rings (SSSR count). The number of rotatable bonds is 2. The molecule has 0 radical (unpaired) electrons. The number of benzene rings is 1. The van der Waals surface area contributed by atoms with E-state index in [0.29, 0.717) is 29.1 Å². The van der Waals surface area contributed by atoms with E-state index in [1.54, 1.807) is 13.0 Å². The Labute approximate surface area is 118 Å². The van der Waals surface area contributed by atoms with E-state index >= 15 is 0 Å². The van der Waals surface area contributed by atoms with E-state index in [1.807, 2.05) is 6.07 Å². The van der Waals surface area contributed by atoms with Crippen molar-refractivity contribution in [3.05, 3.63) is 32.8 Å². The molecule has 2 heterocycles. The lowest BCUT2D eigenvalue weighted by Gasteiger charge is -2.13. The quantitative estimate of drug-likeness (QED) is 0.919. The first kappa shape index (κ1) is 12.6. The summed E-state index contributed by atoms with van der Waals surface area (Å²) in [5.41, 5.74) is 0.505. The average Bonchev–Trinajstić information content (AvgIpc) is 2.83. The summed E-state index contributed by atoms with van der Waals surface area (Å²) in [5, 5.41) is 0.530. The summed E-state index contributed by atoms with van der Waals surface area (Å²) in [4.78, 5) is 18.9. The molecule has 1 aliphatic heterocycles. The normalized spacial score (nSPS) is 18.9. The van der Waals surface area contributed by atoms with Gasteiger partial charge >= 0.3 is 0 Å². The number of aromatic nitrogens is 2. The summed E-state index contributed by atoms with van der Waals surface area (Å²) < 4.78 is 11.9. The van der Waals surface area contributed by atoms with E-state index in [9.17, 15) is 4.79 Å². The summed E-state index contributed by atoms with van der Waals surface area (Å²) in [7, 11) is 0. The topological polar surface area (TPSA) is 64.2 Å². The molecular formula is C13H13BrN2O3. The van der Waals surface area contributed by atoms with Crippen molar-refractivity contribution in [2.24, 2.45) is 0 Å². The molecule has 0 spiro atoms. The minimum atomic E-state index is -0.150.